The Hall–Kier alpha value is -2.58. The number of nitrogens with one attached hydrogen (secondary N) is 1. The number of anilines is 1. The standard InChI is InChI=1S/C20H25N3O4S/c1-27-19-7-4-6-18-17(19)5-2-3-12-23(18)14-20(24)22-13-15-8-10-16(11-9-15)28(21,25)26/h4,6-11H,2-3,5,12-14H2,1H3,(H,22,24)(H2,21,25,26). The minimum absolute atomic E-state index is 0.0534. The molecule has 1 amide bonds. The number of carbonyl (C=O) groups excluding carboxylic acids is 1. The molecule has 1 aliphatic heterocycles. The van der Waals surface area contributed by atoms with Gasteiger partial charge in [-0.05, 0) is 49.1 Å². The molecule has 7 nitrogen and oxygen atoms in total. The molecular weight excluding hydrogens is 378 g/mol. The summed E-state index contributed by atoms with van der Waals surface area (Å²) < 4.78 is 28.1. The number of hydrogen-bond acceptors (Lipinski definition) is 5. The van der Waals surface area contributed by atoms with E-state index in [1.807, 2.05) is 18.2 Å². The molecule has 0 saturated carbocycles. The largest absolute Gasteiger partial charge is 0.496 e. The lowest BCUT2D eigenvalue weighted by atomic mass is 10.1. The van der Waals surface area contributed by atoms with Gasteiger partial charge in [0.2, 0.25) is 15.9 Å². The highest BCUT2D eigenvalue weighted by Crippen LogP contribution is 2.33. The van der Waals surface area contributed by atoms with Crippen LogP contribution in [0, 0.1) is 0 Å². The monoisotopic (exact) mass is 403 g/mol. The van der Waals surface area contributed by atoms with Gasteiger partial charge in [-0.15, -0.1) is 0 Å². The first-order valence-electron chi connectivity index (χ1n) is 9.18. The zero-order valence-corrected chi connectivity index (χ0v) is 16.7. The van der Waals surface area contributed by atoms with E-state index in [1.54, 1.807) is 19.2 Å². The highest BCUT2D eigenvalue weighted by molar-refractivity contribution is 7.89. The van der Waals surface area contributed by atoms with E-state index in [4.69, 9.17) is 9.88 Å². The summed E-state index contributed by atoms with van der Waals surface area (Å²) in [5, 5.41) is 7.99. The predicted molar refractivity (Wildman–Crippen MR) is 108 cm³/mol. The van der Waals surface area contributed by atoms with Crippen LogP contribution in [-0.2, 0) is 27.8 Å². The number of carbonyl (C=O) groups is 1. The van der Waals surface area contributed by atoms with Crippen molar-refractivity contribution < 1.29 is 17.9 Å². The van der Waals surface area contributed by atoms with Gasteiger partial charge in [-0.3, -0.25) is 4.79 Å². The third kappa shape index (κ3) is 4.82. The fourth-order valence-corrected chi connectivity index (χ4v) is 3.92. The second-order valence-corrected chi connectivity index (χ2v) is 8.36. The lowest BCUT2D eigenvalue weighted by Crippen LogP contribution is -2.37. The van der Waals surface area contributed by atoms with Crippen molar-refractivity contribution in [1.82, 2.24) is 5.32 Å². The number of ether oxygens (including phenoxy) is 1. The zero-order valence-electron chi connectivity index (χ0n) is 15.8. The Morgan fingerprint density at radius 3 is 2.61 bits per heavy atom. The molecule has 2 aromatic rings. The second-order valence-electron chi connectivity index (χ2n) is 6.80. The Morgan fingerprint density at radius 1 is 1.18 bits per heavy atom. The van der Waals surface area contributed by atoms with E-state index >= 15 is 0 Å². The van der Waals surface area contributed by atoms with Crippen molar-refractivity contribution in [2.24, 2.45) is 5.14 Å². The summed E-state index contributed by atoms with van der Waals surface area (Å²) in [5.74, 6) is 0.769. The van der Waals surface area contributed by atoms with E-state index in [2.05, 4.69) is 10.2 Å². The van der Waals surface area contributed by atoms with Crippen molar-refractivity contribution in [3.8, 4) is 5.75 Å². The smallest absolute Gasteiger partial charge is 0.239 e. The van der Waals surface area contributed by atoms with Gasteiger partial charge >= 0.3 is 0 Å². The van der Waals surface area contributed by atoms with Gasteiger partial charge in [0, 0.05) is 24.3 Å². The van der Waals surface area contributed by atoms with E-state index in [0.29, 0.717) is 6.54 Å². The summed E-state index contributed by atoms with van der Waals surface area (Å²) >= 11 is 0. The highest BCUT2D eigenvalue weighted by atomic mass is 32.2. The number of rotatable bonds is 6. The first-order valence-corrected chi connectivity index (χ1v) is 10.7. The summed E-state index contributed by atoms with van der Waals surface area (Å²) in [7, 11) is -2.05. The van der Waals surface area contributed by atoms with Crippen LogP contribution in [0.25, 0.3) is 0 Å². The molecule has 3 N–H and O–H groups in total. The van der Waals surface area contributed by atoms with E-state index in [9.17, 15) is 13.2 Å². The average Bonchev–Trinajstić information content (AvgIpc) is 2.88. The highest BCUT2D eigenvalue weighted by Gasteiger charge is 2.20. The number of nitrogens with two attached hydrogens (primary N) is 1. The molecule has 0 radical (unpaired) electrons. The zero-order chi connectivity index (χ0) is 20.1. The van der Waals surface area contributed by atoms with Crippen LogP contribution in [0.1, 0.15) is 24.0 Å². The molecule has 0 atom stereocenters. The Bertz CT molecular complexity index is 942. The van der Waals surface area contributed by atoms with E-state index in [1.165, 1.54) is 12.1 Å². The van der Waals surface area contributed by atoms with Crippen LogP contribution < -0.4 is 20.1 Å². The number of methoxy groups -OCH3 is 1. The molecule has 0 spiro atoms. The third-order valence-corrected chi connectivity index (χ3v) is 5.78. The summed E-state index contributed by atoms with van der Waals surface area (Å²) in [5.41, 5.74) is 3.00. The van der Waals surface area contributed by atoms with Crippen molar-refractivity contribution in [2.45, 2.75) is 30.7 Å². The van der Waals surface area contributed by atoms with Crippen LogP contribution in [0.3, 0.4) is 0 Å². The number of amides is 1. The fourth-order valence-electron chi connectivity index (χ4n) is 3.41. The molecule has 3 rings (SSSR count). The molecule has 0 aromatic heterocycles. The van der Waals surface area contributed by atoms with Crippen molar-refractivity contribution in [2.75, 3.05) is 25.1 Å². The number of primary sulfonamides is 1. The number of nitrogens with zero attached hydrogens (tertiary/aromatic N) is 1. The van der Waals surface area contributed by atoms with Crippen molar-refractivity contribution in [1.29, 1.82) is 0 Å². The van der Waals surface area contributed by atoms with Gasteiger partial charge in [-0.25, -0.2) is 13.6 Å². The van der Waals surface area contributed by atoms with E-state index < -0.39 is 10.0 Å². The van der Waals surface area contributed by atoms with Gasteiger partial charge in [0.1, 0.15) is 5.75 Å². The molecule has 1 aliphatic rings. The minimum atomic E-state index is -3.71. The topological polar surface area (TPSA) is 102 Å². The van der Waals surface area contributed by atoms with Gasteiger partial charge in [-0.1, -0.05) is 18.2 Å². The summed E-state index contributed by atoms with van der Waals surface area (Å²) in [4.78, 5) is 14.6. The SMILES string of the molecule is COc1cccc2c1CCCCN2CC(=O)NCc1ccc(S(N)(=O)=O)cc1. The molecule has 0 aliphatic carbocycles. The predicted octanol–water partition coefficient (Wildman–Crippen LogP) is 1.80. The lowest BCUT2D eigenvalue weighted by Gasteiger charge is -2.25. The maximum absolute atomic E-state index is 12.5. The first kappa shape index (κ1) is 20.2. The Labute approximate surface area is 165 Å². The molecule has 150 valence electrons. The number of benzene rings is 2. The number of fused-ring (bicyclic) bond motifs is 1. The molecule has 8 heteroatoms. The quantitative estimate of drug-likeness (QED) is 0.766. The summed E-state index contributed by atoms with van der Waals surface area (Å²) in [6, 6.07) is 12.1. The van der Waals surface area contributed by atoms with Gasteiger partial charge < -0.3 is 15.0 Å². The van der Waals surface area contributed by atoms with Crippen LogP contribution >= 0.6 is 0 Å². The Balaban J connectivity index is 1.64. The van der Waals surface area contributed by atoms with E-state index in [0.717, 1.165) is 48.4 Å². The molecule has 28 heavy (non-hydrogen) atoms. The van der Waals surface area contributed by atoms with Crippen LogP contribution in [0.2, 0.25) is 0 Å². The first-order chi connectivity index (χ1) is 13.4. The van der Waals surface area contributed by atoms with E-state index in [-0.39, 0.29) is 17.3 Å². The van der Waals surface area contributed by atoms with Crippen molar-refractivity contribution in [3.63, 3.8) is 0 Å². The van der Waals surface area contributed by atoms with Crippen LogP contribution in [-0.4, -0.2) is 34.5 Å². The van der Waals surface area contributed by atoms with Gasteiger partial charge in [0.25, 0.3) is 0 Å². The lowest BCUT2D eigenvalue weighted by molar-refractivity contribution is -0.119. The maximum Gasteiger partial charge on any atom is 0.239 e. The molecule has 1 heterocycles. The maximum atomic E-state index is 12.5. The van der Waals surface area contributed by atoms with Crippen LogP contribution in [0.4, 0.5) is 5.69 Å². The van der Waals surface area contributed by atoms with Crippen LogP contribution in [0.5, 0.6) is 5.75 Å². The fraction of sp³-hybridized carbons (Fsp3) is 0.350. The third-order valence-electron chi connectivity index (χ3n) is 4.85. The average molecular weight is 404 g/mol. The molecule has 0 saturated heterocycles. The van der Waals surface area contributed by atoms with Crippen molar-refractivity contribution in [3.05, 3.63) is 53.6 Å². The molecule has 0 fully saturated rings. The van der Waals surface area contributed by atoms with Crippen molar-refractivity contribution >= 4 is 21.6 Å². The van der Waals surface area contributed by atoms with Crippen LogP contribution in [0.15, 0.2) is 47.4 Å². The summed E-state index contributed by atoms with van der Waals surface area (Å²) in [6.45, 7) is 1.40. The molecule has 2 aromatic carbocycles. The Morgan fingerprint density at radius 2 is 1.93 bits per heavy atom. The normalized spacial score (nSPS) is 14.1. The molecule has 0 bridgehead atoms. The van der Waals surface area contributed by atoms with Gasteiger partial charge in [0.15, 0.2) is 0 Å². The van der Waals surface area contributed by atoms with Gasteiger partial charge in [-0.2, -0.15) is 0 Å². The second kappa shape index (κ2) is 8.62. The number of hydrogen-bond donors (Lipinski definition) is 2. The molecule has 0 unspecified atom stereocenters. The summed E-state index contributed by atoms with van der Waals surface area (Å²) in [6.07, 6.45) is 3.01. The molecular formula is C20H25N3O4S. The van der Waals surface area contributed by atoms with Gasteiger partial charge in [0.05, 0.1) is 18.6 Å². The number of sulfonamides is 1. The Kier molecular flexibility index (Phi) is 6.21. The minimum Gasteiger partial charge on any atom is -0.496 e.